The molecule has 22 heavy (non-hydrogen) atoms. The molecule has 1 aromatic carbocycles. The first-order chi connectivity index (χ1) is 10.7. The summed E-state index contributed by atoms with van der Waals surface area (Å²) < 4.78 is 15.7. The van der Waals surface area contributed by atoms with Crippen LogP contribution in [0.25, 0.3) is 0 Å². The van der Waals surface area contributed by atoms with Gasteiger partial charge >= 0.3 is 0 Å². The molecule has 1 aliphatic rings. The predicted octanol–water partition coefficient (Wildman–Crippen LogP) is 1.16. The van der Waals surface area contributed by atoms with E-state index >= 15 is 0 Å². The fraction of sp³-hybridized carbons (Fsp3) is 0.562. The summed E-state index contributed by atoms with van der Waals surface area (Å²) in [6, 6.07) is 5.18. The standard InChI is InChI=1S/C16H24N2O4/c1-20-13-4-5-14(15(12-13)21-2)16(19)17-6-3-7-18-8-10-22-11-9-18/h4-5,12H,3,6-11H2,1-2H3,(H,17,19). The van der Waals surface area contributed by atoms with E-state index in [9.17, 15) is 4.79 Å². The SMILES string of the molecule is COc1ccc(C(=O)NCCCN2CCOCC2)c(OC)c1. The van der Waals surface area contributed by atoms with Crippen LogP contribution < -0.4 is 14.8 Å². The molecule has 2 rings (SSSR count). The lowest BCUT2D eigenvalue weighted by molar-refractivity contribution is 0.0374. The maximum absolute atomic E-state index is 12.2. The van der Waals surface area contributed by atoms with E-state index in [-0.39, 0.29) is 5.91 Å². The molecule has 1 aliphatic heterocycles. The first-order valence-electron chi connectivity index (χ1n) is 7.55. The summed E-state index contributed by atoms with van der Waals surface area (Å²) >= 11 is 0. The minimum Gasteiger partial charge on any atom is -0.497 e. The van der Waals surface area contributed by atoms with Crippen LogP contribution in [0.15, 0.2) is 18.2 Å². The van der Waals surface area contributed by atoms with Crippen molar-refractivity contribution in [3.8, 4) is 11.5 Å². The van der Waals surface area contributed by atoms with E-state index in [2.05, 4.69) is 10.2 Å². The highest BCUT2D eigenvalue weighted by Gasteiger charge is 2.13. The molecule has 6 nitrogen and oxygen atoms in total. The van der Waals surface area contributed by atoms with Gasteiger partial charge in [-0.25, -0.2) is 0 Å². The molecule has 0 aliphatic carbocycles. The van der Waals surface area contributed by atoms with E-state index in [0.717, 1.165) is 39.3 Å². The number of hydrogen-bond acceptors (Lipinski definition) is 5. The van der Waals surface area contributed by atoms with Gasteiger partial charge in [-0.1, -0.05) is 0 Å². The molecule has 1 amide bonds. The molecule has 1 aromatic rings. The Hall–Kier alpha value is -1.79. The zero-order chi connectivity index (χ0) is 15.8. The molecule has 0 atom stereocenters. The van der Waals surface area contributed by atoms with Crippen LogP contribution >= 0.6 is 0 Å². The Balaban J connectivity index is 1.79. The van der Waals surface area contributed by atoms with Crippen LogP contribution in [-0.2, 0) is 4.74 Å². The summed E-state index contributed by atoms with van der Waals surface area (Å²) in [7, 11) is 3.13. The first-order valence-corrected chi connectivity index (χ1v) is 7.55. The van der Waals surface area contributed by atoms with Crippen molar-refractivity contribution in [2.24, 2.45) is 0 Å². The van der Waals surface area contributed by atoms with Crippen LogP contribution in [-0.4, -0.2) is 64.4 Å². The molecule has 0 unspecified atom stereocenters. The molecule has 0 aromatic heterocycles. The molecule has 122 valence electrons. The number of amides is 1. The zero-order valence-electron chi connectivity index (χ0n) is 13.3. The Morgan fingerprint density at radius 3 is 2.73 bits per heavy atom. The monoisotopic (exact) mass is 308 g/mol. The zero-order valence-corrected chi connectivity index (χ0v) is 13.3. The van der Waals surface area contributed by atoms with Gasteiger partial charge in [0.25, 0.3) is 5.91 Å². The van der Waals surface area contributed by atoms with Crippen LogP contribution in [0.4, 0.5) is 0 Å². The lowest BCUT2D eigenvalue weighted by atomic mass is 10.1. The molecule has 0 spiro atoms. The Labute approximate surface area is 131 Å². The third-order valence-corrected chi connectivity index (χ3v) is 3.69. The number of ether oxygens (including phenoxy) is 3. The molecule has 0 saturated carbocycles. The predicted molar refractivity (Wildman–Crippen MR) is 83.8 cm³/mol. The van der Waals surface area contributed by atoms with E-state index in [0.29, 0.717) is 23.6 Å². The summed E-state index contributed by atoms with van der Waals surface area (Å²) in [5, 5.41) is 2.93. The van der Waals surface area contributed by atoms with Crippen molar-refractivity contribution in [1.29, 1.82) is 0 Å². The Morgan fingerprint density at radius 2 is 2.05 bits per heavy atom. The maximum atomic E-state index is 12.2. The number of hydrogen-bond donors (Lipinski definition) is 1. The number of benzene rings is 1. The van der Waals surface area contributed by atoms with Crippen LogP contribution in [0.1, 0.15) is 16.8 Å². The summed E-state index contributed by atoms with van der Waals surface area (Å²) in [6.07, 6.45) is 0.921. The Bertz CT molecular complexity index is 487. The van der Waals surface area contributed by atoms with E-state index in [4.69, 9.17) is 14.2 Å². The van der Waals surface area contributed by atoms with Gasteiger partial charge in [0.2, 0.25) is 0 Å². The Kier molecular flexibility index (Phi) is 6.48. The molecule has 1 fully saturated rings. The second kappa shape index (κ2) is 8.60. The highest BCUT2D eigenvalue weighted by molar-refractivity contribution is 5.97. The molecule has 0 radical (unpaired) electrons. The second-order valence-electron chi connectivity index (χ2n) is 5.13. The van der Waals surface area contributed by atoms with Crippen molar-refractivity contribution in [3.63, 3.8) is 0 Å². The maximum Gasteiger partial charge on any atom is 0.255 e. The van der Waals surface area contributed by atoms with E-state index in [1.165, 1.54) is 0 Å². The normalized spacial score (nSPS) is 15.4. The molecule has 1 N–H and O–H groups in total. The second-order valence-corrected chi connectivity index (χ2v) is 5.13. The topological polar surface area (TPSA) is 60.0 Å². The summed E-state index contributed by atoms with van der Waals surface area (Å²) in [6.45, 7) is 5.17. The van der Waals surface area contributed by atoms with Crippen molar-refractivity contribution in [1.82, 2.24) is 10.2 Å². The van der Waals surface area contributed by atoms with Gasteiger partial charge in [-0.05, 0) is 25.1 Å². The van der Waals surface area contributed by atoms with Crippen molar-refractivity contribution in [2.45, 2.75) is 6.42 Å². The highest BCUT2D eigenvalue weighted by Crippen LogP contribution is 2.24. The van der Waals surface area contributed by atoms with Crippen LogP contribution in [0.3, 0.4) is 0 Å². The van der Waals surface area contributed by atoms with Gasteiger partial charge in [0.05, 0.1) is 33.0 Å². The lowest BCUT2D eigenvalue weighted by Gasteiger charge is -2.26. The first kappa shape index (κ1) is 16.6. The number of nitrogens with one attached hydrogen (secondary N) is 1. The molecule has 6 heteroatoms. The van der Waals surface area contributed by atoms with Crippen molar-refractivity contribution in [2.75, 3.05) is 53.6 Å². The van der Waals surface area contributed by atoms with Gasteiger partial charge in [0, 0.05) is 25.7 Å². The fourth-order valence-corrected chi connectivity index (χ4v) is 2.41. The molecular formula is C16H24N2O4. The average Bonchev–Trinajstić information content (AvgIpc) is 2.58. The van der Waals surface area contributed by atoms with Crippen molar-refractivity contribution in [3.05, 3.63) is 23.8 Å². The smallest absolute Gasteiger partial charge is 0.255 e. The summed E-state index contributed by atoms with van der Waals surface area (Å²) in [4.78, 5) is 14.6. The van der Waals surface area contributed by atoms with Gasteiger partial charge in [-0.15, -0.1) is 0 Å². The van der Waals surface area contributed by atoms with E-state index in [1.807, 2.05) is 0 Å². The summed E-state index contributed by atoms with van der Waals surface area (Å²) in [5.41, 5.74) is 0.523. The number of rotatable bonds is 7. The van der Waals surface area contributed by atoms with Gasteiger partial charge in [0.1, 0.15) is 11.5 Å². The minimum absolute atomic E-state index is 0.124. The van der Waals surface area contributed by atoms with E-state index in [1.54, 1.807) is 32.4 Å². The molecule has 0 bridgehead atoms. The van der Waals surface area contributed by atoms with Gasteiger partial charge in [-0.2, -0.15) is 0 Å². The number of carbonyl (C=O) groups is 1. The van der Waals surface area contributed by atoms with Gasteiger partial charge in [0.15, 0.2) is 0 Å². The van der Waals surface area contributed by atoms with Crippen molar-refractivity contribution >= 4 is 5.91 Å². The number of methoxy groups -OCH3 is 2. The average molecular weight is 308 g/mol. The molecule has 1 heterocycles. The van der Waals surface area contributed by atoms with Gasteiger partial charge in [-0.3, -0.25) is 9.69 Å². The third-order valence-electron chi connectivity index (χ3n) is 3.69. The Morgan fingerprint density at radius 1 is 1.27 bits per heavy atom. The summed E-state index contributed by atoms with van der Waals surface area (Å²) in [5.74, 6) is 1.06. The van der Waals surface area contributed by atoms with Crippen molar-refractivity contribution < 1.29 is 19.0 Å². The molecular weight excluding hydrogens is 284 g/mol. The van der Waals surface area contributed by atoms with Gasteiger partial charge < -0.3 is 19.5 Å². The van der Waals surface area contributed by atoms with Crippen LogP contribution in [0.5, 0.6) is 11.5 Å². The highest BCUT2D eigenvalue weighted by atomic mass is 16.5. The largest absolute Gasteiger partial charge is 0.497 e. The quantitative estimate of drug-likeness (QED) is 0.766. The number of nitrogens with zero attached hydrogens (tertiary/aromatic N) is 1. The van der Waals surface area contributed by atoms with Crippen LogP contribution in [0, 0.1) is 0 Å². The molecule has 1 saturated heterocycles. The fourth-order valence-electron chi connectivity index (χ4n) is 2.41. The van der Waals surface area contributed by atoms with Crippen LogP contribution in [0.2, 0.25) is 0 Å². The number of carbonyl (C=O) groups excluding carboxylic acids is 1. The van der Waals surface area contributed by atoms with E-state index < -0.39 is 0 Å². The number of morpholine rings is 1. The minimum atomic E-state index is -0.124. The third kappa shape index (κ3) is 4.61. The lowest BCUT2D eigenvalue weighted by Crippen LogP contribution is -2.38.